The molecule has 0 radical (unpaired) electrons. The van der Waals surface area contributed by atoms with E-state index in [2.05, 4.69) is 11.5 Å². The molecule has 0 rings (SSSR count). The number of amides is 4. The minimum absolute atomic E-state index is 0.937. The molecule has 0 aliphatic rings. The smallest absolute Gasteiger partial charge is 0.320 e. The Hall–Kier alpha value is -1.84. The molecule has 7 heteroatoms. The number of rotatable bonds is 0. The van der Waals surface area contributed by atoms with Crippen LogP contribution in [0.5, 0.6) is 0 Å². The maximum atomic E-state index is 9.62. The van der Waals surface area contributed by atoms with E-state index in [1.54, 1.807) is 5.32 Å². The van der Waals surface area contributed by atoms with E-state index in [1.807, 2.05) is 0 Å². The Kier molecular flexibility index (Phi) is 6.98. The molecule has 0 bridgehead atoms. The minimum Gasteiger partial charge on any atom is -0.351 e. The number of urea groups is 2. The van der Waals surface area contributed by atoms with Crippen LogP contribution in [0.15, 0.2) is 0 Å². The molecule has 7 nitrogen and oxygen atoms in total. The Bertz CT molecular complexity index is 116. The summed E-state index contributed by atoms with van der Waals surface area (Å²) >= 11 is 0. The van der Waals surface area contributed by atoms with Gasteiger partial charge in [-0.3, -0.25) is 5.32 Å². The van der Waals surface area contributed by atoms with Crippen LogP contribution >= 0.6 is 0 Å². The summed E-state index contributed by atoms with van der Waals surface area (Å²) in [6, 6.07) is -1.88. The predicted octanol–water partition coefficient (Wildman–Crippen LogP) is -1.24. The van der Waals surface area contributed by atoms with Crippen LogP contribution in [0.4, 0.5) is 9.59 Å². The van der Waals surface area contributed by atoms with E-state index in [0.717, 1.165) is 0 Å². The molecule has 50 valence electrons. The average Bonchev–Trinajstić information content (AvgIpc) is 1.68. The molecule has 0 heterocycles. The lowest BCUT2D eigenvalue weighted by atomic mass is 10.9. The molecule has 4 amide bonds. The summed E-state index contributed by atoms with van der Waals surface area (Å²) in [5.74, 6) is 0. The maximum Gasteiger partial charge on any atom is 0.320 e. The van der Waals surface area contributed by atoms with Crippen LogP contribution in [0.2, 0.25) is 0 Å². The summed E-state index contributed by atoms with van der Waals surface area (Å²) in [5.41, 5.74) is 8.88. The van der Waals surface area contributed by atoms with Gasteiger partial charge in [-0.15, -0.1) is 0 Å². The van der Waals surface area contributed by atoms with E-state index in [4.69, 9.17) is 10.8 Å². The molecule has 0 aliphatic heterocycles. The Morgan fingerprint density at radius 1 is 1.11 bits per heavy atom. The van der Waals surface area contributed by atoms with Gasteiger partial charge in [0.2, 0.25) is 0 Å². The monoisotopic (exact) mass is 131 g/mol. The molecule has 0 spiro atoms. The highest BCUT2D eigenvalue weighted by Gasteiger charge is 1.92. The third-order valence-electron chi connectivity index (χ3n) is 0.246. The normalized spacial score (nSPS) is 6.00. The molecule has 0 aromatic carbocycles. The molecular weight excluding hydrogens is 126 g/mol. The summed E-state index contributed by atoms with van der Waals surface area (Å²) < 4.78 is 0. The van der Waals surface area contributed by atoms with Crippen molar-refractivity contribution < 1.29 is 9.59 Å². The second-order valence-corrected chi connectivity index (χ2v) is 0.854. The molecule has 0 atom stereocenters. The second kappa shape index (κ2) is 6.16. The van der Waals surface area contributed by atoms with Crippen molar-refractivity contribution >= 4 is 12.1 Å². The quantitative estimate of drug-likeness (QED) is 0.353. The summed E-state index contributed by atoms with van der Waals surface area (Å²) in [5, 5.41) is 13.6. The summed E-state index contributed by atoms with van der Waals surface area (Å²) in [6.07, 6.45) is 0. The van der Waals surface area contributed by atoms with Gasteiger partial charge < -0.3 is 11.5 Å². The Morgan fingerprint density at radius 3 is 1.33 bits per heavy atom. The number of hydrogen-bond donors (Lipinski definition) is 3. The zero-order valence-electron chi connectivity index (χ0n) is 4.37. The van der Waals surface area contributed by atoms with Crippen molar-refractivity contribution in [2.75, 3.05) is 0 Å². The van der Waals surface area contributed by atoms with Crippen molar-refractivity contribution in [1.82, 2.24) is 5.32 Å². The van der Waals surface area contributed by atoms with E-state index in [0.29, 0.717) is 0 Å². The fourth-order valence-corrected chi connectivity index (χ4v) is 0.121. The highest BCUT2D eigenvalue weighted by Crippen LogP contribution is 1.51. The van der Waals surface area contributed by atoms with Crippen LogP contribution < -0.4 is 16.8 Å². The third-order valence-corrected chi connectivity index (χ3v) is 0.246. The highest BCUT2D eigenvalue weighted by atomic mass is 16.2. The molecule has 0 fully saturated rings. The number of nitrogens with two attached hydrogens (primary N) is 2. The van der Waals surface area contributed by atoms with Crippen LogP contribution in [0.25, 0.3) is 0 Å². The molecule has 9 heavy (non-hydrogen) atoms. The third kappa shape index (κ3) is 22.8. The van der Waals surface area contributed by atoms with Gasteiger partial charge in [-0.05, 0) is 0 Å². The molecule has 0 aromatic rings. The first-order valence-corrected chi connectivity index (χ1v) is 1.69. The van der Waals surface area contributed by atoms with E-state index in [1.165, 1.54) is 0 Å². The van der Waals surface area contributed by atoms with Gasteiger partial charge in [0, 0.05) is 10.8 Å². The number of primary amides is 2. The summed E-state index contributed by atoms with van der Waals surface area (Å²) in [6.45, 7) is 0. The fraction of sp³-hybridized carbons (Fsp3) is 0. The van der Waals surface area contributed by atoms with Crippen LogP contribution in [-0.2, 0) is 0 Å². The lowest BCUT2D eigenvalue weighted by Crippen LogP contribution is -2.38. The highest BCUT2D eigenvalue weighted by molar-refractivity contribution is 5.91. The number of carbonyl (C=O) groups excluding carboxylic acids is 2. The van der Waals surface area contributed by atoms with Crippen LogP contribution in [0.1, 0.15) is 0 Å². The standard InChI is InChI=1S/C2H5N3O2.N2/c3-1(6)5-2(4)7;1-2/h(H5,3,4,5,6,7);. The number of nitrogens with one attached hydrogen (secondary N) is 1. The molecule has 5 N–H and O–H groups in total. The van der Waals surface area contributed by atoms with Crippen molar-refractivity contribution in [3.8, 4) is 0 Å². The van der Waals surface area contributed by atoms with Gasteiger partial charge in [0.25, 0.3) is 0 Å². The van der Waals surface area contributed by atoms with Crippen molar-refractivity contribution in [3.63, 3.8) is 0 Å². The van der Waals surface area contributed by atoms with Gasteiger partial charge in [0.1, 0.15) is 0 Å². The molecule has 0 aromatic heterocycles. The van der Waals surface area contributed by atoms with Gasteiger partial charge in [0.05, 0.1) is 0 Å². The van der Waals surface area contributed by atoms with E-state index in [-0.39, 0.29) is 0 Å². The molecule has 0 unspecified atom stereocenters. The predicted molar refractivity (Wildman–Crippen MR) is 25.8 cm³/mol. The molecule has 0 saturated carbocycles. The lowest BCUT2D eigenvalue weighted by molar-refractivity contribution is 0.236. The van der Waals surface area contributed by atoms with Gasteiger partial charge in [-0.1, -0.05) is 0 Å². The zero-order valence-corrected chi connectivity index (χ0v) is 4.37. The van der Waals surface area contributed by atoms with E-state index in [9.17, 15) is 9.59 Å². The lowest BCUT2D eigenvalue weighted by Gasteiger charge is -1.88. The SMILES string of the molecule is N#N.NC(=O)NC(N)=O. The van der Waals surface area contributed by atoms with Crippen molar-refractivity contribution in [1.29, 1.82) is 10.8 Å². The summed E-state index contributed by atoms with van der Waals surface area (Å²) in [4.78, 5) is 19.2. The van der Waals surface area contributed by atoms with E-state index >= 15 is 0 Å². The zero-order chi connectivity index (χ0) is 7.86. The van der Waals surface area contributed by atoms with Gasteiger partial charge in [-0.2, -0.15) is 0 Å². The van der Waals surface area contributed by atoms with Gasteiger partial charge in [-0.25, -0.2) is 9.59 Å². The number of imide groups is 1. The van der Waals surface area contributed by atoms with Crippen molar-refractivity contribution in [2.45, 2.75) is 0 Å². The maximum absolute atomic E-state index is 9.62. The minimum atomic E-state index is -0.938. The first-order valence-electron chi connectivity index (χ1n) is 1.69. The average molecular weight is 131 g/mol. The largest absolute Gasteiger partial charge is 0.351 e. The van der Waals surface area contributed by atoms with Gasteiger partial charge in [0.15, 0.2) is 0 Å². The first kappa shape index (κ1) is 10.2. The van der Waals surface area contributed by atoms with Crippen molar-refractivity contribution in [2.24, 2.45) is 11.5 Å². The van der Waals surface area contributed by atoms with Crippen LogP contribution in [-0.4, -0.2) is 12.1 Å². The fourth-order valence-electron chi connectivity index (χ4n) is 0.121. The molecule has 0 aliphatic carbocycles. The number of carbonyl (C=O) groups is 2. The van der Waals surface area contributed by atoms with Crippen molar-refractivity contribution in [3.05, 3.63) is 0 Å². The van der Waals surface area contributed by atoms with Gasteiger partial charge >= 0.3 is 12.1 Å². The molecular formula is C2H5N5O2. The Morgan fingerprint density at radius 2 is 1.33 bits per heavy atom. The Labute approximate surface area is 50.4 Å². The number of nitrogens with zero attached hydrogens (tertiary/aromatic N) is 2. The first-order chi connectivity index (χ1) is 4.13. The summed E-state index contributed by atoms with van der Waals surface area (Å²) in [7, 11) is 0. The van der Waals surface area contributed by atoms with E-state index < -0.39 is 12.1 Å². The second-order valence-electron chi connectivity index (χ2n) is 0.854. The molecule has 0 saturated heterocycles. The Balaban J connectivity index is 0. The van der Waals surface area contributed by atoms with Crippen LogP contribution in [0.3, 0.4) is 0 Å². The van der Waals surface area contributed by atoms with Crippen LogP contribution in [0, 0.1) is 10.8 Å². The number of hydrogen-bond acceptors (Lipinski definition) is 4. The topological polar surface area (TPSA) is 146 Å².